The molecule has 0 saturated carbocycles. The summed E-state index contributed by atoms with van der Waals surface area (Å²) in [6.07, 6.45) is 5.33. The molecule has 188 valence electrons. The summed E-state index contributed by atoms with van der Waals surface area (Å²) in [5.74, 6) is -0.550. The molecule has 0 unspecified atom stereocenters. The molecule has 1 fully saturated rings. The van der Waals surface area contributed by atoms with E-state index in [4.69, 9.17) is 18.9 Å². The average molecular weight is 490 g/mol. The van der Waals surface area contributed by atoms with Crippen molar-refractivity contribution in [3.63, 3.8) is 0 Å². The lowest BCUT2D eigenvalue weighted by Gasteiger charge is -2.30. The van der Waals surface area contributed by atoms with Gasteiger partial charge in [-0.25, -0.2) is 13.8 Å². The van der Waals surface area contributed by atoms with Crippen LogP contribution >= 0.6 is 0 Å². The maximum Gasteiger partial charge on any atom is 0.162 e. The van der Waals surface area contributed by atoms with Crippen molar-refractivity contribution in [3.8, 4) is 17.2 Å². The highest BCUT2D eigenvalue weighted by atomic mass is 19.2. The molecule has 0 radical (unpaired) electrons. The molecule has 1 aliphatic heterocycles. The first kappa shape index (κ1) is 24.9. The molecule has 10 heteroatoms. The quantitative estimate of drug-likeness (QED) is 0.469. The van der Waals surface area contributed by atoms with Crippen molar-refractivity contribution in [1.29, 1.82) is 0 Å². The van der Waals surface area contributed by atoms with Gasteiger partial charge in [-0.3, -0.25) is 4.90 Å². The number of aliphatic hydroxyl groups is 1. The maximum absolute atomic E-state index is 13.5. The van der Waals surface area contributed by atoms with E-state index in [0.717, 1.165) is 17.7 Å². The third-order valence-corrected chi connectivity index (χ3v) is 5.64. The Bertz CT molecular complexity index is 1100. The van der Waals surface area contributed by atoms with Crippen LogP contribution in [0.5, 0.6) is 17.2 Å². The molecule has 0 spiro atoms. The number of hydrogen-bond donors (Lipinski definition) is 1. The molecular weight excluding hydrogens is 460 g/mol. The molecule has 0 aliphatic carbocycles. The van der Waals surface area contributed by atoms with Crippen LogP contribution in [-0.2, 0) is 17.8 Å². The van der Waals surface area contributed by atoms with Crippen LogP contribution in [0.2, 0.25) is 0 Å². The minimum Gasteiger partial charge on any atom is -0.493 e. The Kier molecular flexibility index (Phi) is 8.17. The largest absolute Gasteiger partial charge is 0.493 e. The standard InChI is InChI=1S/C25H29F2N3O5/c1-32-24-12-19(2-5-23(24)34-11-9-29-7-6-28-18-29)14-30-8-10-33-16-25(31,15-30)17-35-20-3-4-21(26)22(27)13-20/h2-7,12-13,18,31H,8-11,14-17H2,1H3/t25-/m0/s1. The van der Waals surface area contributed by atoms with E-state index in [9.17, 15) is 13.9 Å². The van der Waals surface area contributed by atoms with Crippen LogP contribution in [0, 0.1) is 11.6 Å². The Morgan fingerprint density at radius 1 is 1.11 bits per heavy atom. The van der Waals surface area contributed by atoms with E-state index in [1.165, 1.54) is 6.07 Å². The molecule has 1 N–H and O–H groups in total. The second-order valence-corrected chi connectivity index (χ2v) is 8.49. The van der Waals surface area contributed by atoms with Gasteiger partial charge in [-0.2, -0.15) is 0 Å². The Hall–Kier alpha value is -3.21. The van der Waals surface area contributed by atoms with Crippen molar-refractivity contribution in [1.82, 2.24) is 14.5 Å². The Labute approximate surface area is 202 Å². The first-order valence-electron chi connectivity index (χ1n) is 11.3. The molecule has 8 nitrogen and oxygen atoms in total. The van der Waals surface area contributed by atoms with Gasteiger partial charge in [0, 0.05) is 38.1 Å². The summed E-state index contributed by atoms with van der Waals surface area (Å²) >= 11 is 0. The van der Waals surface area contributed by atoms with Crippen molar-refractivity contribution in [2.24, 2.45) is 0 Å². The predicted molar refractivity (Wildman–Crippen MR) is 124 cm³/mol. The van der Waals surface area contributed by atoms with Crippen LogP contribution in [0.1, 0.15) is 5.56 Å². The fourth-order valence-electron chi connectivity index (χ4n) is 3.87. The highest BCUT2D eigenvalue weighted by Gasteiger charge is 2.33. The summed E-state index contributed by atoms with van der Waals surface area (Å²) in [5.41, 5.74) is -0.337. The highest BCUT2D eigenvalue weighted by molar-refractivity contribution is 5.43. The van der Waals surface area contributed by atoms with Gasteiger partial charge in [-0.1, -0.05) is 6.07 Å². The number of halogens is 2. The van der Waals surface area contributed by atoms with Gasteiger partial charge >= 0.3 is 0 Å². The summed E-state index contributed by atoms with van der Waals surface area (Å²) in [6.45, 7) is 2.97. The molecule has 2 aromatic carbocycles. The summed E-state index contributed by atoms with van der Waals surface area (Å²) in [4.78, 5) is 6.07. The van der Waals surface area contributed by atoms with Gasteiger partial charge < -0.3 is 28.6 Å². The van der Waals surface area contributed by atoms with Gasteiger partial charge in [-0.15, -0.1) is 0 Å². The number of rotatable bonds is 10. The van der Waals surface area contributed by atoms with E-state index in [1.54, 1.807) is 19.6 Å². The van der Waals surface area contributed by atoms with E-state index in [-0.39, 0.29) is 25.5 Å². The molecule has 1 aliphatic rings. The van der Waals surface area contributed by atoms with Crippen molar-refractivity contribution >= 4 is 0 Å². The zero-order chi connectivity index (χ0) is 24.7. The minimum absolute atomic E-state index is 0.0696. The van der Waals surface area contributed by atoms with Crippen LogP contribution in [0.25, 0.3) is 0 Å². The van der Waals surface area contributed by atoms with Crippen LogP contribution in [0.4, 0.5) is 8.78 Å². The second-order valence-electron chi connectivity index (χ2n) is 8.49. The first-order valence-corrected chi connectivity index (χ1v) is 11.3. The highest BCUT2D eigenvalue weighted by Crippen LogP contribution is 2.29. The maximum atomic E-state index is 13.5. The monoisotopic (exact) mass is 489 g/mol. The van der Waals surface area contributed by atoms with Crippen molar-refractivity contribution in [2.75, 3.05) is 46.6 Å². The smallest absolute Gasteiger partial charge is 0.162 e. The summed E-state index contributed by atoms with van der Waals surface area (Å²) < 4.78 is 51.1. The van der Waals surface area contributed by atoms with Gasteiger partial charge in [-0.05, 0) is 29.8 Å². The van der Waals surface area contributed by atoms with Gasteiger partial charge in [0.25, 0.3) is 0 Å². The molecule has 1 atom stereocenters. The number of β-amino-alcohol motifs (C(OH)–C–C–N with tert-alkyl or cyclic N) is 1. The lowest BCUT2D eigenvalue weighted by molar-refractivity contribution is -0.0647. The molecule has 2 heterocycles. The Balaban J connectivity index is 1.35. The SMILES string of the molecule is COc1cc(CN2CCOC[C@](O)(COc3ccc(F)c(F)c3)C2)ccc1OCCn1ccnc1. The molecule has 1 aromatic heterocycles. The number of imidazole rings is 1. The van der Waals surface area contributed by atoms with Gasteiger partial charge in [0.05, 0.1) is 33.2 Å². The number of methoxy groups -OCH3 is 1. The van der Waals surface area contributed by atoms with E-state index in [1.807, 2.05) is 29.0 Å². The summed E-state index contributed by atoms with van der Waals surface area (Å²) in [6, 6.07) is 9.01. The van der Waals surface area contributed by atoms with E-state index in [0.29, 0.717) is 44.3 Å². The number of nitrogens with zero attached hydrogens (tertiary/aromatic N) is 3. The second kappa shape index (κ2) is 11.5. The van der Waals surface area contributed by atoms with E-state index >= 15 is 0 Å². The van der Waals surface area contributed by atoms with E-state index in [2.05, 4.69) is 9.88 Å². The molecule has 0 amide bonds. The van der Waals surface area contributed by atoms with Crippen LogP contribution in [0.3, 0.4) is 0 Å². The Morgan fingerprint density at radius 3 is 2.77 bits per heavy atom. The van der Waals surface area contributed by atoms with Gasteiger partial charge in [0.15, 0.2) is 23.1 Å². The zero-order valence-electron chi connectivity index (χ0n) is 19.5. The lowest BCUT2D eigenvalue weighted by Crippen LogP contribution is -2.48. The number of ether oxygens (including phenoxy) is 4. The van der Waals surface area contributed by atoms with Crippen LogP contribution in [0.15, 0.2) is 55.1 Å². The fraction of sp³-hybridized carbons (Fsp3) is 0.400. The molecule has 3 aromatic rings. The molecule has 35 heavy (non-hydrogen) atoms. The lowest BCUT2D eigenvalue weighted by atomic mass is 10.1. The fourth-order valence-corrected chi connectivity index (χ4v) is 3.87. The molecular formula is C25H29F2N3O5. The normalized spacial score (nSPS) is 18.7. The third kappa shape index (κ3) is 6.91. The van der Waals surface area contributed by atoms with Crippen LogP contribution in [-0.4, -0.2) is 71.8 Å². The molecule has 1 saturated heterocycles. The van der Waals surface area contributed by atoms with Crippen LogP contribution < -0.4 is 14.2 Å². The van der Waals surface area contributed by atoms with Gasteiger partial charge in [0.1, 0.15) is 24.6 Å². The average Bonchev–Trinajstić information content (AvgIpc) is 3.30. The van der Waals surface area contributed by atoms with Crippen molar-refractivity contribution < 1.29 is 32.8 Å². The Morgan fingerprint density at radius 2 is 2.00 bits per heavy atom. The summed E-state index contributed by atoms with van der Waals surface area (Å²) in [7, 11) is 1.59. The van der Waals surface area contributed by atoms with Crippen molar-refractivity contribution in [2.45, 2.75) is 18.7 Å². The zero-order valence-corrected chi connectivity index (χ0v) is 19.5. The number of aromatic nitrogens is 2. The van der Waals surface area contributed by atoms with E-state index < -0.39 is 17.2 Å². The molecule has 4 rings (SSSR count). The first-order chi connectivity index (χ1) is 16.9. The van der Waals surface area contributed by atoms with Crippen molar-refractivity contribution in [3.05, 3.63) is 72.3 Å². The van der Waals surface area contributed by atoms with Gasteiger partial charge in [0.2, 0.25) is 0 Å². The predicted octanol–water partition coefficient (Wildman–Crippen LogP) is 2.89. The third-order valence-electron chi connectivity index (χ3n) is 5.64. The number of hydrogen-bond acceptors (Lipinski definition) is 7. The minimum atomic E-state index is -1.32. The number of benzene rings is 2. The topological polar surface area (TPSA) is 78.2 Å². The molecule has 0 bridgehead atoms. The summed E-state index contributed by atoms with van der Waals surface area (Å²) in [5, 5.41) is 11.1.